The summed E-state index contributed by atoms with van der Waals surface area (Å²) in [5.41, 5.74) is 5.46. The summed E-state index contributed by atoms with van der Waals surface area (Å²) in [4.78, 5) is 30.7. The first-order valence-corrected chi connectivity index (χ1v) is 11.6. The van der Waals surface area contributed by atoms with Crippen molar-refractivity contribution in [1.82, 2.24) is 25.3 Å². The third-order valence-electron chi connectivity index (χ3n) is 5.30. The maximum absolute atomic E-state index is 11.6. The first-order valence-electron chi connectivity index (χ1n) is 10.6. The smallest absolute Gasteiger partial charge is 0.235 e. The van der Waals surface area contributed by atoms with Gasteiger partial charge in [0.1, 0.15) is 11.3 Å². The van der Waals surface area contributed by atoms with Gasteiger partial charge in [-0.05, 0) is 30.3 Å². The first kappa shape index (κ1) is 21.3. The summed E-state index contributed by atoms with van der Waals surface area (Å²) in [5, 5.41) is 6.23. The Morgan fingerprint density at radius 2 is 1.97 bits per heavy atom. The lowest BCUT2D eigenvalue weighted by atomic mass is 10.1. The highest BCUT2D eigenvalue weighted by atomic mass is 32.2. The summed E-state index contributed by atoms with van der Waals surface area (Å²) in [6.07, 6.45) is 4.44. The second-order valence-electron chi connectivity index (χ2n) is 7.53. The molecule has 0 saturated carbocycles. The first-order chi connectivity index (χ1) is 16.2. The number of fused-ring (bicyclic) bond motifs is 2. The van der Waals surface area contributed by atoms with E-state index in [1.54, 1.807) is 13.3 Å². The number of carbonyl (C=O) groups excluding carboxylic acids is 1. The van der Waals surface area contributed by atoms with E-state index in [-0.39, 0.29) is 5.91 Å². The average molecular weight is 459 g/mol. The highest BCUT2D eigenvalue weighted by Gasteiger charge is 2.16. The number of nitrogens with one attached hydrogen (secondary N) is 2. The van der Waals surface area contributed by atoms with Crippen LogP contribution in [-0.4, -0.2) is 45.3 Å². The van der Waals surface area contributed by atoms with Gasteiger partial charge in [-0.15, -0.1) is 11.8 Å². The lowest BCUT2D eigenvalue weighted by Crippen LogP contribution is -2.22. The van der Waals surface area contributed by atoms with E-state index in [2.05, 4.69) is 36.6 Å². The predicted octanol–water partition coefficient (Wildman–Crippen LogP) is 3.47. The van der Waals surface area contributed by atoms with Crippen LogP contribution < -0.4 is 15.4 Å². The van der Waals surface area contributed by atoms with Crippen molar-refractivity contribution in [2.75, 3.05) is 24.7 Å². The second kappa shape index (κ2) is 9.51. The van der Waals surface area contributed by atoms with Gasteiger partial charge in [-0.25, -0.2) is 9.97 Å². The van der Waals surface area contributed by atoms with E-state index in [9.17, 15) is 4.79 Å². The third kappa shape index (κ3) is 4.79. The number of carbonyl (C=O) groups is 1. The van der Waals surface area contributed by atoms with Gasteiger partial charge in [-0.1, -0.05) is 6.07 Å². The van der Waals surface area contributed by atoms with Crippen LogP contribution in [-0.2, 0) is 17.8 Å². The Bertz CT molecular complexity index is 1310. The molecule has 0 aliphatic carbocycles. The van der Waals surface area contributed by atoms with Gasteiger partial charge >= 0.3 is 0 Å². The van der Waals surface area contributed by atoms with E-state index in [0.29, 0.717) is 24.0 Å². The van der Waals surface area contributed by atoms with Gasteiger partial charge in [0.15, 0.2) is 0 Å². The molecule has 1 amide bonds. The van der Waals surface area contributed by atoms with Crippen LogP contribution in [0.4, 0.5) is 5.82 Å². The minimum Gasteiger partial charge on any atom is -0.481 e. The van der Waals surface area contributed by atoms with E-state index in [4.69, 9.17) is 4.74 Å². The normalized spacial score (nSPS) is 12.9. The van der Waals surface area contributed by atoms with Crippen LogP contribution in [0.25, 0.3) is 22.2 Å². The van der Waals surface area contributed by atoms with E-state index in [1.165, 1.54) is 11.8 Å². The Morgan fingerprint density at radius 1 is 1.06 bits per heavy atom. The Kier molecular flexibility index (Phi) is 6.14. The highest BCUT2D eigenvalue weighted by Crippen LogP contribution is 2.30. The molecule has 0 atom stereocenters. The predicted molar refractivity (Wildman–Crippen MR) is 128 cm³/mol. The van der Waals surface area contributed by atoms with Crippen LogP contribution in [0.15, 0.2) is 59.8 Å². The van der Waals surface area contributed by atoms with Gasteiger partial charge in [0.25, 0.3) is 0 Å². The maximum Gasteiger partial charge on any atom is 0.235 e. The van der Waals surface area contributed by atoms with Crippen molar-refractivity contribution in [3.63, 3.8) is 0 Å². The lowest BCUT2D eigenvalue weighted by molar-refractivity contribution is -0.113. The number of nitrogens with zero attached hydrogens (tertiary/aromatic N) is 4. The largest absolute Gasteiger partial charge is 0.481 e. The Labute approximate surface area is 195 Å². The Morgan fingerprint density at radius 3 is 2.82 bits per heavy atom. The van der Waals surface area contributed by atoms with Crippen LogP contribution in [0.5, 0.6) is 5.88 Å². The summed E-state index contributed by atoms with van der Waals surface area (Å²) >= 11 is 1.52. The number of amides is 1. The lowest BCUT2D eigenvalue weighted by Gasteiger charge is -2.16. The molecule has 0 fully saturated rings. The van der Waals surface area contributed by atoms with E-state index in [0.717, 1.165) is 51.4 Å². The second-order valence-corrected chi connectivity index (χ2v) is 8.55. The van der Waals surface area contributed by atoms with E-state index in [1.807, 2.05) is 42.6 Å². The van der Waals surface area contributed by atoms with Crippen LogP contribution >= 0.6 is 11.8 Å². The van der Waals surface area contributed by atoms with Crippen molar-refractivity contribution in [3.05, 3.63) is 66.2 Å². The number of thioether (sulfide) groups is 1. The monoisotopic (exact) mass is 458 g/mol. The molecule has 0 spiro atoms. The topological polar surface area (TPSA) is 102 Å². The molecule has 4 aromatic heterocycles. The molecule has 0 saturated heterocycles. The molecular formula is C24H22N6O2S. The molecule has 4 aromatic rings. The van der Waals surface area contributed by atoms with E-state index < -0.39 is 0 Å². The van der Waals surface area contributed by atoms with Crippen LogP contribution in [0.2, 0.25) is 0 Å². The molecular weight excluding hydrogens is 436 g/mol. The zero-order valence-corrected chi connectivity index (χ0v) is 18.9. The number of methoxy groups -OCH3 is 1. The quantitative estimate of drug-likeness (QED) is 0.406. The average Bonchev–Trinajstić information content (AvgIpc) is 2.86. The summed E-state index contributed by atoms with van der Waals surface area (Å²) in [6.45, 7) is 1.39. The molecule has 0 aromatic carbocycles. The van der Waals surface area contributed by atoms with Crippen molar-refractivity contribution >= 4 is 34.5 Å². The van der Waals surface area contributed by atoms with Crippen LogP contribution in [0.1, 0.15) is 11.4 Å². The fourth-order valence-electron chi connectivity index (χ4n) is 3.62. The molecule has 1 aliphatic heterocycles. The number of pyridine rings is 4. The Hall–Kier alpha value is -3.56. The number of aromatic nitrogens is 4. The molecule has 2 N–H and O–H groups in total. The number of hydrogen-bond acceptors (Lipinski definition) is 8. The molecule has 0 unspecified atom stereocenters. The van der Waals surface area contributed by atoms with E-state index >= 15 is 0 Å². The molecule has 0 bridgehead atoms. The minimum atomic E-state index is -0.00527. The summed E-state index contributed by atoms with van der Waals surface area (Å²) in [6, 6.07) is 13.8. The molecule has 5 rings (SSSR count). The SMILES string of the molecule is COc1ccc2nccc(-c3ccc(CCNCc4ccc5c(n4)NC(=O)CS5)nc3)c2n1. The molecule has 166 valence electrons. The molecule has 9 heteroatoms. The molecule has 0 radical (unpaired) electrons. The molecule has 33 heavy (non-hydrogen) atoms. The fraction of sp³-hybridized carbons (Fsp3) is 0.208. The van der Waals surface area contributed by atoms with Crippen molar-refractivity contribution in [1.29, 1.82) is 0 Å². The molecule has 1 aliphatic rings. The summed E-state index contributed by atoms with van der Waals surface area (Å²) in [5.74, 6) is 1.65. The number of anilines is 1. The zero-order valence-electron chi connectivity index (χ0n) is 18.0. The number of rotatable bonds is 7. The van der Waals surface area contributed by atoms with Crippen molar-refractivity contribution < 1.29 is 9.53 Å². The van der Waals surface area contributed by atoms with Crippen molar-refractivity contribution in [2.24, 2.45) is 0 Å². The van der Waals surface area contributed by atoms with Gasteiger partial charge < -0.3 is 15.4 Å². The third-order valence-corrected chi connectivity index (χ3v) is 6.35. The van der Waals surface area contributed by atoms with Gasteiger partial charge in [-0.2, -0.15) is 0 Å². The zero-order chi connectivity index (χ0) is 22.6. The Balaban J connectivity index is 1.20. The standard InChI is InChI=1S/C24H22N6O2S/c1-32-22-7-5-19-23(30-22)18(9-11-26-19)15-2-3-16(27-12-15)8-10-25-13-17-4-6-20-24(28-17)29-21(31)14-33-20/h2-7,9,11-12,25H,8,10,13-14H2,1H3,(H,28,29,31). The van der Waals surface area contributed by atoms with Gasteiger partial charge in [0, 0.05) is 54.8 Å². The maximum atomic E-state index is 11.6. The minimum absolute atomic E-state index is 0.00527. The highest BCUT2D eigenvalue weighted by molar-refractivity contribution is 8.00. The van der Waals surface area contributed by atoms with Gasteiger partial charge in [-0.3, -0.25) is 14.8 Å². The number of hydrogen-bond donors (Lipinski definition) is 2. The fourth-order valence-corrected chi connectivity index (χ4v) is 4.38. The van der Waals surface area contributed by atoms with Crippen LogP contribution in [0, 0.1) is 0 Å². The molecule has 5 heterocycles. The molecule has 8 nitrogen and oxygen atoms in total. The van der Waals surface area contributed by atoms with Gasteiger partial charge in [0.05, 0.1) is 29.0 Å². The van der Waals surface area contributed by atoms with Crippen molar-refractivity contribution in [3.8, 4) is 17.0 Å². The number of ether oxygens (including phenoxy) is 1. The summed E-state index contributed by atoms with van der Waals surface area (Å²) < 4.78 is 5.27. The van der Waals surface area contributed by atoms with Crippen molar-refractivity contribution in [2.45, 2.75) is 17.9 Å². The van der Waals surface area contributed by atoms with Gasteiger partial charge in [0.2, 0.25) is 11.8 Å². The summed E-state index contributed by atoms with van der Waals surface area (Å²) in [7, 11) is 1.60. The van der Waals surface area contributed by atoms with Crippen LogP contribution in [0.3, 0.4) is 0 Å².